The summed E-state index contributed by atoms with van der Waals surface area (Å²) in [4.78, 5) is 0. The number of hydrogen-bond acceptors (Lipinski definition) is 2. The summed E-state index contributed by atoms with van der Waals surface area (Å²) >= 11 is 0. The zero-order valence-corrected chi connectivity index (χ0v) is 7.41. The number of aryl methyl sites for hydroxylation is 1. The van der Waals surface area contributed by atoms with Crippen molar-refractivity contribution in [3.05, 3.63) is 34.9 Å². The fourth-order valence-electron chi connectivity index (χ4n) is 1.23. The largest absolute Gasteiger partial charge is 0.456 e. The Labute approximate surface area is 73.0 Å². The van der Waals surface area contributed by atoms with Crippen molar-refractivity contribution in [2.75, 3.05) is 0 Å². The predicted octanol–water partition coefficient (Wildman–Crippen LogP) is 0.858. The van der Waals surface area contributed by atoms with Crippen LogP contribution in [0.1, 0.15) is 16.7 Å². The van der Waals surface area contributed by atoms with E-state index in [0.717, 1.165) is 11.1 Å². The van der Waals surface area contributed by atoms with Crippen molar-refractivity contribution in [3.8, 4) is 0 Å². The maximum absolute atomic E-state index is 8.78. The van der Waals surface area contributed by atoms with E-state index < -0.39 is 7.12 Å². The molecule has 0 spiro atoms. The Hall–Kier alpha value is -0.795. The molecule has 1 aromatic carbocycles. The van der Waals surface area contributed by atoms with Gasteiger partial charge in [0.2, 0.25) is 0 Å². The molecular formula is C9H13BO2. The normalized spacial score (nSPS) is 10.0. The maximum atomic E-state index is 8.78. The lowest BCUT2D eigenvalue weighted by Gasteiger charge is -2.06. The molecule has 12 heavy (non-hydrogen) atoms. The van der Waals surface area contributed by atoms with Gasteiger partial charge in [-0.3, -0.25) is 0 Å². The lowest BCUT2D eigenvalue weighted by Crippen LogP contribution is -2.16. The minimum absolute atomic E-state index is 0.313. The molecule has 0 saturated carbocycles. The Balaban J connectivity index is 2.92. The van der Waals surface area contributed by atoms with Crippen LogP contribution in [0.25, 0.3) is 0 Å². The number of benzene rings is 1. The highest BCUT2D eigenvalue weighted by molar-refractivity contribution is 6.40. The molecule has 64 valence electrons. The Morgan fingerprint density at radius 1 is 1.25 bits per heavy atom. The number of rotatable bonds is 2. The molecule has 2 N–H and O–H groups in total. The summed E-state index contributed by atoms with van der Waals surface area (Å²) in [6.07, 6.45) is 0.313. The SMILES string of the molecule is Cc1cccc(CB(O)O)c1C. The van der Waals surface area contributed by atoms with Gasteiger partial charge in [0.1, 0.15) is 0 Å². The molecule has 0 fully saturated rings. The third kappa shape index (κ3) is 2.09. The molecule has 3 heteroatoms. The van der Waals surface area contributed by atoms with Crippen molar-refractivity contribution in [1.29, 1.82) is 0 Å². The smallest absolute Gasteiger partial charge is 0.427 e. The van der Waals surface area contributed by atoms with Crippen LogP contribution in [0, 0.1) is 13.8 Å². The second kappa shape index (κ2) is 3.74. The highest BCUT2D eigenvalue weighted by Crippen LogP contribution is 2.13. The molecule has 1 rings (SSSR count). The third-order valence-electron chi connectivity index (χ3n) is 2.12. The summed E-state index contributed by atoms with van der Waals surface area (Å²) in [6.45, 7) is 4.01. The van der Waals surface area contributed by atoms with E-state index in [4.69, 9.17) is 10.0 Å². The van der Waals surface area contributed by atoms with Crippen molar-refractivity contribution in [3.63, 3.8) is 0 Å². The first-order valence-electron chi connectivity index (χ1n) is 4.02. The van der Waals surface area contributed by atoms with Gasteiger partial charge in [0.25, 0.3) is 0 Å². The van der Waals surface area contributed by atoms with Crippen LogP contribution in [-0.2, 0) is 6.32 Å². The zero-order valence-electron chi connectivity index (χ0n) is 7.41. The van der Waals surface area contributed by atoms with Crippen LogP contribution in [-0.4, -0.2) is 17.2 Å². The van der Waals surface area contributed by atoms with E-state index in [-0.39, 0.29) is 0 Å². The topological polar surface area (TPSA) is 40.5 Å². The summed E-state index contributed by atoms with van der Waals surface area (Å²) < 4.78 is 0. The average Bonchev–Trinajstić information content (AvgIpc) is 1.98. The van der Waals surface area contributed by atoms with E-state index in [0.29, 0.717) is 6.32 Å². The van der Waals surface area contributed by atoms with Crippen LogP contribution in [0.5, 0.6) is 0 Å². The van der Waals surface area contributed by atoms with E-state index in [1.165, 1.54) is 5.56 Å². The predicted molar refractivity (Wildman–Crippen MR) is 49.8 cm³/mol. The van der Waals surface area contributed by atoms with Crippen molar-refractivity contribution in [2.24, 2.45) is 0 Å². The minimum atomic E-state index is -1.24. The Kier molecular flexibility index (Phi) is 2.90. The third-order valence-corrected chi connectivity index (χ3v) is 2.12. The zero-order chi connectivity index (χ0) is 9.14. The van der Waals surface area contributed by atoms with E-state index in [9.17, 15) is 0 Å². The summed E-state index contributed by atoms with van der Waals surface area (Å²) in [5, 5.41) is 17.6. The lowest BCUT2D eigenvalue weighted by molar-refractivity contribution is 0.405. The van der Waals surface area contributed by atoms with Gasteiger partial charge >= 0.3 is 7.12 Å². The molecule has 0 amide bonds. The molecule has 2 nitrogen and oxygen atoms in total. The van der Waals surface area contributed by atoms with Gasteiger partial charge in [-0.1, -0.05) is 18.2 Å². The molecular weight excluding hydrogens is 151 g/mol. The van der Waals surface area contributed by atoms with Gasteiger partial charge in [0.05, 0.1) is 0 Å². The monoisotopic (exact) mass is 164 g/mol. The van der Waals surface area contributed by atoms with Gasteiger partial charge in [-0.2, -0.15) is 0 Å². The molecule has 0 radical (unpaired) electrons. The molecule has 1 aromatic rings. The molecule has 0 bridgehead atoms. The quantitative estimate of drug-likeness (QED) is 0.636. The molecule has 0 atom stereocenters. The second-order valence-electron chi connectivity index (χ2n) is 3.04. The summed E-state index contributed by atoms with van der Waals surface area (Å²) in [5.41, 5.74) is 3.34. The molecule has 0 unspecified atom stereocenters. The molecule has 0 aliphatic rings. The highest BCUT2D eigenvalue weighted by Gasteiger charge is 2.10. The van der Waals surface area contributed by atoms with Crippen LogP contribution < -0.4 is 0 Å². The first-order valence-corrected chi connectivity index (χ1v) is 4.02. The number of hydrogen-bond donors (Lipinski definition) is 2. The van der Waals surface area contributed by atoms with E-state index in [1.54, 1.807) is 0 Å². The standard InChI is InChI=1S/C9H13BO2/c1-7-4-3-5-9(8(7)2)6-10(11)12/h3-5,11-12H,6H2,1-2H3. The molecule has 0 aliphatic carbocycles. The fourth-order valence-corrected chi connectivity index (χ4v) is 1.23. The average molecular weight is 164 g/mol. The van der Waals surface area contributed by atoms with Gasteiger partial charge in [0.15, 0.2) is 0 Å². The van der Waals surface area contributed by atoms with E-state index in [1.807, 2.05) is 32.0 Å². The molecule has 0 heterocycles. The lowest BCUT2D eigenvalue weighted by atomic mass is 9.80. The molecule has 0 saturated heterocycles. The fraction of sp³-hybridized carbons (Fsp3) is 0.333. The van der Waals surface area contributed by atoms with E-state index >= 15 is 0 Å². The van der Waals surface area contributed by atoms with E-state index in [2.05, 4.69) is 0 Å². The Morgan fingerprint density at radius 3 is 2.50 bits per heavy atom. The van der Waals surface area contributed by atoms with Crippen molar-refractivity contribution in [1.82, 2.24) is 0 Å². The minimum Gasteiger partial charge on any atom is -0.427 e. The van der Waals surface area contributed by atoms with Gasteiger partial charge in [0, 0.05) is 6.32 Å². The molecule has 0 aromatic heterocycles. The molecule has 0 aliphatic heterocycles. The van der Waals surface area contributed by atoms with Crippen molar-refractivity contribution >= 4 is 7.12 Å². The Morgan fingerprint density at radius 2 is 1.92 bits per heavy atom. The maximum Gasteiger partial charge on any atom is 0.456 e. The van der Waals surface area contributed by atoms with Crippen LogP contribution in [0.3, 0.4) is 0 Å². The first-order chi connectivity index (χ1) is 5.61. The first kappa shape index (κ1) is 9.29. The van der Waals surface area contributed by atoms with Crippen molar-refractivity contribution < 1.29 is 10.0 Å². The summed E-state index contributed by atoms with van der Waals surface area (Å²) in [5.74, 6) is 0. The summed E-state index contributed by atoms with van der Waals surface area (Å²) in [6, 6.07) is 5.87. The van der Waals surface area contributed by atoms with Crippen molar-refractivity contribution in [2.45, 2.75) is 20.2 Å². The second-order valence-corrected chi connectivity index (χ2v) is 3.04. The van der Waals surface area contributed by atoms with Crippen LogP contribution in [0.15, 0.2) is 18.2 Å². The van der Waals surface area contributed by atoms with Crippen LogP contribution in [0.4, 0.5) is 0 Å². The Bertz CT molecular complexity index is 271. The van der Waals surface area contributed by atoms with Gasteiger partial charge in [-0.05, 0) is 30.5 Å². The summed E-state index contributed by atoms with van der Waals surface area (Å²) in [7, 11) is -1.24. The highest BCUT2D eigenvalue weighted by atomic mass is 16.4. The van der Waals surface area contributed by atoms with Gasteiger partial charge in [-0.15, -0.1) is 0 Å². The van der Waals surface area contributed by atoms with Gasteiger partial charge < -0.3 is 10.0 Å². The van der Waals surface area contributed by atoms with Crippen LogP contribution in [0.2, 0.25) is 0 Å². The van der Waals surface area contributed by atoms with Crippen LogP contribution >= 0.6 is 0 Å². The van der Waals surface area contributed by atoms with Gasteiger partial charge in [-0.25, -0.2) is 0 Å².